The number of hydrogen-bond donors (Lipinski definition) is 0. The van der Waals surface area contributed by atoms with Crippen LogP contribution < -0.4 is 0 Å². The summed E-state index contributed by atoms with van der Waals surface area (Å²) >= 11 is 0. The molecule has 0 fully saturated rings. The Morgan fingerprint density at radius 2 is 1.72 bits per heavy atom. The number of rotatable bonds is 1. The van der Waals surface area contributed by atoms with Gasteiger partial charge in [0.05, 0.1) is 5.56 Å². The fourth-order valence-electron chi connectivity index (χ4n) is 1.60. The SMILES string of the molecule is O=C1C=CC(=O)C(c2cccc(C(F)(F)F)c2)=C1. The van der Waals surface area contributed by atoms with Gasteiger partial charge in [0.2, 0.25) is 0 Å². The van der Waals surface area contributed by atoms with Gasteiger partial charge < -0.3 is 0 Å². The second-order valence-electron chi connectivity index (χ2n) is 3.74. The van der Waals surface area contributed by atoms with E-state index >= 15 is 0 Å². The first-order valence-corrected chi connectivity index (χ1v) is 5.03. The van der Waals surface area contributed by atoms with Crippen molar-refractivity contribution in [3.8, 4) is 0 Å². The van der Waals surface area contributed by atoms with Crippen molar-refractivity contribution in [1.82, 2.24) is 0 Å². The second kappa shape index (κ2) is 4.25. The van der Waals surface area contributed by atoms with Gasteiger partial charge in [-0.2, -0.15) is 13.2 Å². The van der Waals surface area contributed by atoms with Crippen molar-refractivity contribution in [2.75, 3.05) is 0 Å². The molecule has 0 N–H and O–H groups in total. The molecule has 1 aliphatic carbocycles. The summed E-state index contributed by atoms with van der Waals surface area (Å²) in [5.41, 5.74) is -0.781. The Balaban J connectivity index is 2.47. The summed E-state index contributed by atoms with van der Waals surface area (Å²) in [6.45, 7) is 0. The first-order chi connectivity index (χ1) is 8.38. The van der Waals surface area contributed by atoms with E-state index in [0.29, 0.717) is 0 Å². The van der Waals surface area contributed by atoms with Crippen LogP contribution in [0.2, 0.25) is 0 Å². The number of allylic oxidation sites excluding steroid dienone is 4. The molecule has 1 aromatic carbocycles. The summed E-state index contributed by atoms with van der Waals surface area (Å²) in [6, 6.07) is 4.34. The minimum absolute atomic E-state index is 0.0198. The number of alkyl halides is 3. The van der Waals surface area contributed by atoms with Crippen LogP contribution in [0.3, 0.4) is 0 Å². The molecule has 0 atom stereocenters. The molecular weight excluding hydrogens is 245 g/mol. The molecule has 0 saturated carbocycles. The lowest BCUT2D eigenvalue weighted by molar-refractivity contribution is -0.137. The summed E-state index contributed by atoms with van der Waals surface area (Å²) in [5, 5.41) is 0. The molecule has 0 spiro atoms. The lowest BCUT2D eigenvalue weighted by Gasteiger charge is -2.11. The first kappa shape index (κ1) is 12.3. The van der Waals surface area contributed by atoms with Gasteiger partial charge in [-0.1, -0.05) is 12.1 Å². The highest BCUT2D eigenvalue weighted by atomic mass is 19.4. The minimum Gasteiger partial charge on any atom is -0.290 e. The largest absolute Gasteiger partial charge is 0.416 e. The molecular formula is C13H7F3O2. The maximum absolute atomic E-state index is 12.5. The third-order valence-electron chi connectivity index (χ3n) is 2.45. The molecule has 18 heavy (non-hydrogen) atoms. The second-order valence-corrected chi connectivity index (χ2v) is 3.74. The smallest absolute Gasteiger partial charge is 0.290 e. The van der Waals surface area contributed by atoms with Crippen molar-refractivity contribution in [1.29, 1.82) is 0 Å². The zero-order valence-electron chi connectivity index (χ0n) is 8.99. The van der Waals surface area contributed by atoms with Crippen molar-refractivity contribution in [3.05, 3.63) is 53.6 Å². The number of carbonyl (C=O) groups is 2. The number of hydrogen-bond acceptors (Lipinski definition) is 2. The average molecular weight is 252 g/mol. The highest BCUT2D eigenvalue weighted by Crippen LogP contribution is 2.31. The van der Waals surface area contributed by atoms with Crippen LogP contribution in [0.4, 0.5) is 13.2 Å². The van der Waals surface area contributed by atoms with E-state index in [2.05, 4.69) is 0 Å². The van der Waals surface area contributed by atoms with Gasteiger partial charge in [0.25, 0.3) is 0 Å². The van der Waals surface area contributed by atoms with E-state index in [1.54, 1.807) is 0 Å². The van der Waals surface area contributed by atoms with Crippen molar-refractivity contribution in [3.63, 3.8) is 0 Å². The molecule has 92 valence electrons. The molecule has 1 aromatic rings. The van der Waals surface area contributed by atoms with Crippen LogP contribution >= 0.6 is 0 Å². The highest BCUT2D eigenvalue weighted by molar-refractivity contribution is 6.33. The summed E-state index contributed by atoms with van der Waals surface area (Å²) in [4.78, 5) is 22.6. The third-order valence-corrected chi connectivity index (χ3v) is 2.45. The summed E-state index contributed by atoms with van der Waals surface area (Å²) in [7, 11) is 0. The van der Waals surface area contributed by atoms with Crippen LogP contribution in [-0.2, 0) is 15.8 Å². The van der Waals surface area contributed by atoms with Crippen LogP contribution in [-0.4, -0.2) is 11.6 Å². The Hall–Kier alpha value is -2.17. The van der Waals surface area contributed by atoms with Gasteiger partial charge in [-0.25, -0.2) is 0 Å². The molecule has 0 radical (unpaired) electrons. The van der Waals surface area contributed by atoms with Gasteiger partial charge >= 0.3 is 6.18 Å². The van der Waals surface area contributed by atoms with Crippen molar-refractivity contribution < 1.29 is 22.8 Å². The predicted molar refractivity (Wildman–Crippen MR) is 58.6 cm³/mol. The quantitative estimate of drug-likeness (QED) is 0.720. The van der Waals surface area contributed by atoms with Gasteiger partial charge in [-0.05, 0) is 35.9 Å². The maximum atomic E-state index is 12.5. The predicted octanol–water partition coefficient (Wildman–Crippen LogP) is 2.80. The molecule has 1 aliphatic rings. The van der Waals surface area contributed by atoms with E-state index in [0.717, 1.165) is 30.4 Å². The molecule has 0 bridgehead atoms. The number of ketones is 2. The summed E-state index contributed by atoms with van der Waals surface area (Å²) < 4.78 is 37.6. The van der Waals surface area contributed by atoms with E-state index in [4.69, 9.17) is 0 Å². The van der Waals surface area contributed by atoms with Crippen LogP contribution in [0.25, 0.3) is 5.57 Å². The average Bonchev–Trinajstić information content (AvgIpc) is 2.31. The molecule has 2 rings (SSSR count). The zero-order chi connectivity index (χ0) is 13.3. The Morgan fingerprint density at radius 3 is 2.39 bits per heavy atom. The summed E-state index contributed by atoms with van der Waals surface area (Å²) in [6.07, 6.45) is -1.30. The van der Waals surface area contributed by atoms with Crippen LogP contribution in [0.15, 0.2) is 42.5 Å². The first-order valence-electron chi connectivity index (χ1n) is 5.03. The number of halogens is 3. The fraction of sp³-hybridized carbons (Fsp3) is 0.0769. The van der Waals surface area contributed by atoms with E-state index in [-0.39, 0.29) is 11.1 Å². The topological polar surface area (TPSA) is 34.1 Å². The Labute approximate surface area is 100 Å². The third kappa shape index (κ3) is 2.40. The highest BCUT2D eigenvalue weighted by Gasteiger charge is 2.31. The number of benzene rings is 1. The zero-order valence-corrected chi connectivity index (χ0v) is 8.99. The van der Waals surface area contributed by atoms with Crippen LogP contribution in [0.1, 0.15) is 11.1 Å². The Bertz CT molecular complexity index is 580. The van der Waals surface area contributed by atoms with Gasteiger partial charge in [0, 0.05) is 5.57 Å². The van der Waals surface area contributed by atoms with Crippen molar-refractivity contribution >= 4 is 17.1 Å². The van der Waals surface area contributed by atoms with Crippen molar-refractivity contribution in [2.24, 2.45) is 0 Å². The van der Waals surface area contributed by atoms with Crippen molar-refractivity contribution in [2.45, 2.75) is 6.18 Å². The monoisotopic (exact) mass is 252 g/mol. The fourth-order valence-corrected chi connectivity index (χ4v) is 1.60. The molecule has 0 amide bonds. The van der Waals surface area contributed by atoms with E-state index in [1.165, 1.54) is 12.1 Å². The normalized spacial score (nSPS) is 15.8. The molecule has 0 unspecified atom stereocenters. The van der Waals surface area contributed by atoms with Gasteiger partial charge in [-0.3, -0.25) is 9.59 Å². The van der Waals surface area contributed by atoms with E-state index in [9.17, 15) is 22.8 Å². The standard InChI is InChI=1S/C13H7F3O2/c14-13(15,16)9-3-1-2-8(6-9)11-7-10(17)4-5-12(11)18/h1-7H. The van der Waals surface area contributed by atoms with Crippen LogP contribution in [0.5, 0.6) is 0 Å². The lowest BCUT2D eigenvalue weighted by Crippen LogP contribution is -2.09. The maximum Gasteiger partial charge on any atom is 0.416 e. The molecule has 5 heteroatoms. The molecule has 0 aliphatic heterocycles. The van der Waals surface area contributed by atoms with Gasteiger partial charge in [0.1, 0.15) is 0 Å². The molecule has 0 heterocycles. The summed E-state index contributed by atoms with van der Waals surface area (Å²) in [5.74, 6) is -0.893. The van der Waals surface area contributed by atoms with E-state index in [1.807, 2.05) is 0 Å². The Kier molecular flexibility index (Phi) is 2.90. The van der Waals surface area contributed by atoms with Gasteiger partial charge in [-0.15, -0.1) is 0 Å². The number of carbonyl (C=O) groups excluding carboxylic acids is 2. The van der Waals surface area contributed by atoms with Gasteiger partial charge in [0.15, 0.2) is 11.6 Å². The molecule has 2 nitrogen and oxygen atoms in total. The minimum atomic E-state index is -4.48. The Morgan fingerprint density at radius 1 is 1.00 bits per heavy atom. The lowest BCUT2D eigenvalue weighted by atomic mass is 9.95. The molecule has 0 saturated heterocycles. The molecule has 0 aromatic heterocycles. The van der Waals surface area contributed by atoms with E-state index < -0.39 is 23.3 Å². The van der Waals surface area contributed by atoms with Crippen LogP contribution in [0, 0.1) is 0 Å².